The summed E-state index contributed by atoms with van der Waals surface area (Å²) in [7, 11) is 0. The zero-order valence-electron chi connectivity index (χ0n) is 15.0. The maximum absolute atomic E-state index is 12.0. The first-order valence-electron chi connectivity index (χ1n) is 8.94. The highest BCUT2D eigenvalue weighted by molar-refractivity contribution is 7.67. The minimum absolute atomic E-state index is 0.464. The summed E-state index contributed by atoms with van der Waals surface area (Å²) in [6, 6.07) is 16.9. The lowest BCUT2D eigenvalue weighted by molar-refractivity contribution is 0.122. The molecule has 0 aliphatic carbocycles. The normalized spacial score (nSPS) is 14.0. The average Bonchev–Trinajstić information content (AvgIpc) is 2.77. The lowest BCUT2D eigenvalue weighted by Gasteiger charge is -2.27. The van der Waals surface area contributed by atoms with E-state index in [0.717, 1.165) is 35.6 Å². The van der Waals surface area contributed by atoms with Crippen LogP contribution in [0.1, 0.15) is 11.1 Å². The Kier molecular flexibility index (Phi) is 5.81. The first-order chi connectivity index (χ1) is 13.8. The average molecular weight is 412 g/mol. The van der Waals surface area contributed by atoms with Crippen LogP contribution in [0.25, 0.3) is 11.4 Å². The Morgan fingerprint density at radius 2 is 1.79 bits per heavy atom. The van der Waals surface area contributed by atoms with Gasteiger partial charge in [-0.1, -0.05) is 48.0 Å². The van der Waals surface area contributed by atoms with E-state index >= 15 is 0 Å². The van der Waals surface area contributed by atoms with E-state index in [1.165, 1.54) is 0 Å². The van der Waals surface area contributed by atoms with Gasteiger partial charge >= 0.3 is 0 Å². The third-order valence-corrected chi connectivity index (χ3v) is 5.45. The van der Waals surface area contributed by atoms with Gasteiger partial charge in [-0.15, -0.1) is 0 Å². The van der Waals surface area contributed by atoms with E-state index in [1.807, 2.05) is 42.5 Å². The quantitative estimate of drug-likeness (QED) is 0.486. The number of rotatable bonds is 4. The lowest BCUT2D eigenvalue weighted by Crippen LogP contribution is -2.36. The van der Waals surface area contributed by atoms with Crippen molar-refractivity contribution in [3.05, 3.63) is 76.9 Å². The van der Waals surface area contributed by atoms with E-state index < -0.39 is 0 Å². The van der Waals surface area contributed by atoms with Gasteiger partial charge in [-0.05, 0) is 23.8 Å². The van der Waals surface area contributed by atoms with Crippen LogP contribution in [-0.4, -0.2) is 45.3 Å². The summed E-state index contributed by atoms with van der Waals surface area (Å²) in [5.74, 6) is 1.46. The molecule has 7 heteroatoms. The fraction of sp³-hybridized carbons (Fsp3) is 0.190. The minimum atomic E-state index is 0.464. The molecule has 4 rings (SSSR count). The number of morpholine rings is 1. The molecule has 0 bridgehead atoms. The molecule has 0 saturated carbocycles. The van der Waals surface area contributed by atoms with Crippen molar-refractivity contribution in [1.82, 2.24) is 9.97 Å². The van der Waals surface area contributed by atoms with E-state index in [1.54, 1.807) is 18.3 Å². The number of halogens is 1. The Hall–Kier alpha value is -2.54. The minimum Gasteiger partial charge on any atom is -0.378 e. The highest BCUT2D eigenvalue weighted by atomic mass is 35.5. The van der Waals surface area contributed by atoms with Crippen LogP contribution in [-0.2, 0) is 16.0 Å². The van der Waals surface area contributed by atoms with Gasteiger partial charge in [0.25, 0.3) is 0 Å². The van der Waals surface area contributed by atoms with Crippen LogP contribution in [0.2, 0.25) is 5.02 Å². The number of aromatic nitrogens is 2. The first kappa shape index (κ1) is 18.8. The standard InChI is InChI=1S/C21H18ClN3O2S/c22-16-7-5-15(6-8-16)20(28-26)17-3-1-2-4-18(17)21-23-10-9-19(24-21)25-11-13-27-14-12-25/h1-10H,11-14H2. The van der Waals surface area contributed by atoms with Crippen LogP contribution in [0.3, 0.4) is 0 Å². The molecule has 2 heterocycles. The Labute approximate surface area is 172 Å². The van der Waals surface area contributed by atoms with Crippen molar-refractivity contribution < 1.29 is 8.95 Å². The second kappa shape index (κ2) is 8.65. The molecule has 5 nitrogen and oxygen atoms in total. The number of ether oxygens (including phenoxy) is 1. The van der Waals surface area contributed by atoms with Gasteiger partial charge in [0.1, 0.15) is 5.82 Å². The highest BCUT2D eigenvalue weighted by Crippen LogP contribution is 2.25. The van der Waals surface area contributed by atoms with E-state index in [0.29, 0.717) is 40.2 Å². The summed E-state index contributed by atoms with van der Waals surface area (Å²) in [6.07, 6.45) is 1.76. The number of benzene rings is 2. The molecule has 0 unspecified atom stereocenters. The Bertz CT molecular complexity index is 1030. The monoisotopic (exact) mass is 411 g/mol. The van der Waals surface area contributed by atoms with Crippen molar-refractivity contribution in [3.63, 3.8) is 0 Å². The van der Waals surface area contributed by atoms with Crippen molar-refractivity contribution in [2.24, 2.45) is 0 Å². The van der Waals surface area contributed by atoms with Crippen molar-refractivity contribution in [1.29, 1.82) is 0 Å². The third kappa shape index (κ3) is 3.99. The maximum atomic E-state index is 12.0. The van der Waals surface area contributed by atoms with E-state index in [-0.39, 0.29) is 0 Å². The lowest BCUT2D eigenvalue weighted by atomic mass is 9.99. The fourth-order valence-corrected chi connectivity index (χ4v) is 3.80. The van der Waals surface area contributed by atoms with E-state index in [4.69, 9.17) is 21.3 Å². The van der Waals surface area contributed by atoms with Crippen LogP contribution in [0.15, 0.2) is 60.8 Å². The number of nitrogens with zero attached hydrogens (tertiary/aromatic N) is 3. The van der Waals surface area contributed by atoms with Gasteiger partial charge in [0.05, 0.1) is 29.3 Å². The van der Waals surface area contributed by atoms with Crippen LogP contribution in [0.5, 0.6) is 0 Å². The van der Waals surface area contributed by atoms with Crippen LogP contribution >= 0.6 is 11.6 Å². The Morgan fingerprint density at radius 3 is 2.54 bits per heavy atom. The van der Waals surface area contributed by atoms with Crippen LogP contribution in [0.4, 0.5) is 5.82 Å². The SMILES string of the molecule is O=S=C(c1ccc(Cl)cc1)c1ccccc1-c1nccc(N2CCOCC2)n1. The molecule has 3 aromatic rings. The molecule has 28 heavy (non-hydrogen) atoms. The van der Waals surface area contributed by atoms with Crippen molar-refractivity contribution in [3.8, 4) is 11.4 Å². The molecule has 2 aromatic carbocycles. The second-order valence-corrected chi connectivity index (χ2v) is 7.31. The molecule has 1 fully saturated rings. The number of hydrogen-bond donors (Lipinski definition) is 0. The summed E-state index contributed by atoms with van der Waals surface area (Å²) in [5.41, 5.74) is 2.45. The molecule has 1 saturated heterocycles. The predicted octanol–water partition coefficient (Wildman–Crippen LogP) is 3.42. The van der Waals surface area contributed by atoms with Gasteiger partial charge in [0.2, 0.25) is 0 Å². The Morgan fingerprint density at radius 1 is 1.04 bits per heavy atom. The molecule has 0 atom stereocenters. The smallest absolute Gasteiger partial charge is 0.162 e. The summed E-state index contributed by atoms with van der Waals surface area (Å²) >= 11 is 6.46. The molecule has 0 spiro atoms. The maximum Gasteiger partial charge on any atom is 0.162 e. The highest BCUT2D eigenvalue weighted by Gasteiger charge is 2.17. The fourth-order valence-electron chi connectivity index (χ4n) is 3.17. The first-order valence-corrected chi connectivity index (χ1v) is 10.1. The molecule has 142 valence electrons. The van der Waals surface area contributed by atoms with E-state index in [9.17, 15) is 4.21 Å². The number of hydrogen-bond acceptors (Lipinski definition) is 5. The van der Waals surface area contributed by atoms with Crippen LogP contribution < -0.4 is 4.90 Å². The predicted molar refractivity (Wildman–Crippen MR) is 113 cm³/mol. The van der Waals surface area contributed by atoms with Gasteiger partial charge in [-0.3, -0.25) is 0 Å². The van der Waals surface area contributed by atoms with Crippen molar-refractivity contribution in [2.75, 3.05) is 31.2 Å². The zero-order chi connectivity index (χ0) is 19.3. The molecular weight excluding hydrogens is 394 g/mol. The zero-order valence-corrected chi connectivity index (χ0v) is 16.6. The van der Waals surface area contributed by atoms with Gasteiger partial charge in [-0.25, -0.2) is 14.2 Å². The Balaban J connectivity index is 1.76. The molecule has 0 N–H and O–H groups in total. The summed E-state index contributed by atoms with van der Waals surface area (Å²) in [5, 5.41) is 0.633. The van der Waals surface area contributed by atoms with Crippen molar-refractivity contribution >= 4 is 33.5 Å². The van der Waals surface area contributed by atoms with Gasteiger partial charge in [-0.2, -0.15) is 0 Å². The van der Waals surface area contributed by atoms with Gasteiger partial charge in [0, 0.05) is 35.4 Å². The summed E-state index contributed by atoms with van der Waals surface area (Å²) < 4.78 is 17.4. The molecule has 1 aromatic heterocycles. The number of anilines is 1. The van der Waals surface area contributed by atoms with Gasteiger partial charge in [0.15, 0.2) is 5.82 Å². The summed E-state index contributed by atoms with van der Waals surface area (Å²) in [6.45, 7) is 2.99. The molecule has 1 aliphatic rings. The third-order valence-electron chi connectivity index (χ3n) is 4.58. The van der Waals surface area contributed by atoms with Crippen LogP contribution in [0, 0.1) is 0 Å². The molecule has 1 aliphatic heterocycles. The topological polar surface area (TPSA) is 55.3 Å². The summed E-state index contributed by atoms with van der Waals surface area (Å²) in [4.78, 5) is 12.0. The largest absolute Gasteiger partial charge is 0.378 e. The second-order valence-electron chi connectivity index (χ2n) is 6.30. The molecule has 0 radical (unpaired) electrons. The van der Waals surface area contributed by atoms with Crippen molar-refractivity contribution in [2.45, 2.75) is 0 Å². The molecular formula is C21H18ClN3O2S. The van der Waals surface area contributed by atoms with E-state index in [2.05, 4.69) is 9.88 Å². The molecule has 0 amide bonds. The van der Waals surface area contributed by atoms with Gasteiger partial charge < -0.3 is 9.64 Å².